The largest absolute Gasteiger partial charge is 0.399 e. The molecule has 3 unspecified atom stereocenters. The molecule has 5 nitrogen and oxygen atoms in total. The summed E-state index contributed by atoms with van der Waals surface area (Å²) < 4.78 is 0. The normalized spacial score (nSPS) is 22.1. The minimum Gasteiger partial charge on any atom is -0.399 e. The van der Waals surface area contributed by atoms with Crippen molar-refractivity contribution in [3.8, 4) is 0 Å². The summed E-state index contributed by atoms with van der Waals surface area (Å²) in [5.74, 6) is 1.28. The van der Waals surface area contributed by atoms with Gasteiger partial charge in [0.2, 0.25) is 0 Å². The van der Waals surface area contributed by atoms with Gasteiger partial charge in [0, 0.05) is 39.3 Å². The van der Waals surface area contributed by atoms with Gasteiger partial charge in [-0.05, 0) is 54.8 Å². The van der Waals surface area contributed by atoms with Crippen LogP contribution in [0.5, 0.6) is 0 Å². The van der Waals surface area contributed by atoms with Crippen molar-refractivity contribution >= 4 is 50.9 Å². The molecule has 0 aliphatic carbocycles. The van der Waals surface area contributed by atoms with Gasteiger partial charge in [-0.15, -0.1) is 0 Å². The zero-order valence-electron chi connectivity index (χ0n) is 17.2. The van der Waals surface area contributed by atoms with Crippen LogP contribution in [0.15, 0.2) is 58.3 Å². The van der Waals surface area contributed by atoms with Crippen LogP contribution < -0.4 is 16.4 Å². The van der Waals surface area contributed by atoms with E-state index in [0.717, 1.165) is 41.2 Å². The number of amides is 2. The summed E-state index contributed by atoms with van der Waals surface area (Å²) in [5.41, 5.74) is 7.56. The zero-order valence-corrected chi connectivity index (χ0v) is 19.7. The van der Waals surface area contributed by atoms with Gasteiger partial charge in [-0.25, -0.2) is 4.79 Å². The first-order valence-corrected chi connectivity index (χ1v) is 13.8. The number of fused-ring (bicyclic) bond motifs is 1. The number of benzene rings is 2. The van der Waals surface area contributed by atoms with Crippen LogP contribution in [0, 0.1) is 0 Å². The van der Waals surface area contributed by atoms with Crippen LogP contribution in [0.4, 0.5) is 10.5 Å². The molecule has 3 atom stereocenters. The van der Waals surface area contributed by atoms with E-state index in [9.17, 15) is 9.59 Å². The van der Waals surface area contributed by atoms with Gasteiger partial charge in [0.15, 0.2) is 0 Å². The van der Waals surface area contributed by atoms with Crippen molar-refractivity contribution in [3.63, 3.8) is 0 Å². The molecule has 0 spiro atoms. The first kappa shape index (κ1) is 22.4. The molecule has 2 aromatic carbocycles. The first-order chi connectivity index (χ1) is 15.1. The number of hydrogen-bond donors (Lipinski definition) is 3. The van der Waals surface area contributed by atoms with Crippen LogP contribution in [0.3, 0.4) is 0 Å². The minimum absolute atomic E-state index is 0.0382. The summed E-state index contributed by atoms with van der Waals surface area (Å²) in [4.78, 5) is 26.1. The highest BCUT2D eigenvalue weighted by Crippen LogP contribution is 2.37. The van der Waals surface area contributed by atoms with Crippen LogP contribution in [0.25, 0.3) is 0 Å². The summed E-state index contributed by atoms with van der Waals surface area (Å²) in [7, 11) is 3.40. The predicted octanol–water partition coefficient (Wildman–Crippen LogP) is 4.91. The fourth-order valence-electron chi connectivity index (χ4n) is 3.91. The third-order valence-electron chi connectivity index (χ3n) is 5.57. The van der Waals surface area contributed by atoms with E-state index in [1.54, 1.807) is 21.6 Å². The van der Waals surface area contributed by atoms with Crippen molar-refractivity contribution in [2.24, 2.45) is 0 Å². The average Bonchev–Trinajstić information content (AvgIpc) is 3.31. The standard InChI is InChI=1S/C23H27N3O2S3/c24-16-7-11-19(12-8-16)31-30-18-9-5-15(6-10-18)13-17(27)3-1-2-4-21-22-20(14-29-21)25-23(28)26-22/h5-12,20-22H,1-4,13-14,24H2,(H2,25,26,28). The molecule has 31 heavy (non-hydrogen) atoms. The van der Waals surface area contributed by atoms with Crippen LogP contribution >= 0.6 is 33.3 Å². The molecule has 2 fully saturated rings. The Hall–Kier alpha value is -1.77. The first-order valence-electron chi connectivity index (χ1n) is 10.6. The SMILES string of the molecule is Nc1ccc(SSc2ccc(CC(=O)CCCCC3SCC4NC(=O)NC43)cc2)cc1. The second-order valence-electron chi connectivity index (χ2n) is 7.96. The lowest BCUT2D eigenvalue weighted by atomic mass is 10.0. The van der Waals surface area contributed by atoms with Gasteiger partial charge in [-0.2, -0.15) is 11.8 Å². The Morgan fingerprint density at radius 3 is 2.39 bits per heavy atom. The number of hydrogen-bond acceptors (Lipinski definition) is 6. The number of ketones is 1. The second kappa shape index (κ2) is 10.7. The molecule has 2 amide bonds. The van der Waals surface area contributed by atoms with Crippen LogP contribution in [-0.4, -0.2) is 34.9 Å². The third-order valence-corrected chi connectivity index (χ3v) is 9.50. The zero-order chi connectivity index (χ0) is 21.6. The number of rotatable bonds is 10. The minimum atomic E-state index is -0.0382. The van der Waals surface area contributed by atoms with E-state index < -0.39 is 0 Å². The van der Waals surface area contributed by atoms with Gasteiger partial charge >= 0.3 is 6.03 Å². The van der Waals surface area contributed by atoms with E-state index in [4.69, 9.17) is 5.73 Å². The topological polar surface area (TPSA) is 84.2 Å². The number of anilines is 1. The molecule has 2 heterocycles. The van der Waals surface area contributed by atoms with Gasteiger partial charge < -0.3 is 16.4 Å². The lowest BCUT2D eigenvalue weighted by molar-refractivity contribution is -0.118. The molecule has 2 aliphatic heterocycles. The number of carbonyl (C=O) groups is 2. The Balaban J connectivity index is 1.13. The van der Waals surface area contributed by atoms with E-state index in [-0.39, 0.29) is 18.1 Å². The number of unbranched alkanes of at least 4 members (excludes halogenated alkanes) is 1. The molecule has 0 radical (unpaired) electrons. The van der Waals surface area contributed by atoms with Gasteiger partial charge in [-0.3, -0.25) is 4.79 Å². The van der Waals surface area contributed by atoms with Gasteiger partial charge in [0.05, 0.1) is 12.1 Å². The summed E-state index contributed by atoms with van der Waals surface area (Å²) in [6.07, 6.45) is 4.12. The quantitative estimate of drug-likeness (QED) is 0.197. The maximum atomic E-state index is 12.4. The number of nitrogens with two attached hydrogens (primary N) is 1. The Kier molecular flexibility index (Phi) is 7.74. The highest BCUT2D eigenvalue weighted by Gasteiger charge is 2.42. The molecule has 2 aliphatic rings. The van der Waals surface area contributed by atoms with Gasteiger partial charge in [0.25, 0.3) is 0 Å². The monoisotopic (exact) mass is 473 g/mol. The molecular weight excluding hydrogens is 446 g/mol. The Labute approximate surface area is 195 Å². The van der Waals surface area contributed by atoms with E-state index in [1.807, 2.05) is 36.0 Å². The number of urea groups is 1. The number of thioether (sulfide) groups is 1. The lowest BCUT2D eigenvalue weighted by Gasteiger charge is -2.16. The van der Waals surface area contributed by atoms with E-state index >= 15 is 0 Å². The Morgan fingerprint density at radius 2 is 1.68 bits per heavy atom. The Bertz CT molecular complexity index is 905. The van der Waals surface area contributed by atoms with Crippen molar-refractivity contribution in [3.05, 3.63) is 54.1 Å². The highest BCUT2D eigenvalue weighted by atomic mass is 33.1. The van der Waals surface area contributed by atoms with Gasteiger partial charge in [-0.1, -0.05) is 40.1 Å². The van der Waals surface area contributed by atoms with Crippen molar-refractivity contribution in [2.45, 2.75) is 59.2 Å². The summed E-state index contributed by atoms with van der Waals surface area (Å²) in [6.45, 7) is 0. The van der Waals surface area contributed by atoms with Crippen molar-refractivity contribution in [2.75, 3.05) is 11.5 Å². The second-order valence-corrected chi connectivity index (χ2v) is 11.5. The molecule has 0 saturated carbocycles. The van der Waals surface area contributed by atoms with E-state index in [0.29, 0.717) is 23.9 Å². The van der Waals surface area contributed by atoms with Crippen LogP contribution in [0.1, 0.15) is 31.2 Å². The summed E-state index contributed by atoms with van der Waals surface area (Å²) >= 11 is 1.93. The fraction of sp³-hybridized carbons (Fsp3) is 0.391. The number of Topliss-reactive ketones (excluding diaryl/α,β-unsaturated/α-hetero) is 1. The average molecular weight is 474 g/mol. The molecule has 4 N–H and O–H groups in total. The highest BCUT2D eigenvalue weighted by molar-refractivity contribution is 8.76. The van der Waals surface area contributed by atoms with E-state index in [1.165, 1.54) is 4.90 Å². The molecule has 2 aromatic rings. The molecule has 0 aromatic heterocycles. The van der Waals surface area contributed by atoms with Crippen LogP contribution in [-0.2, 0) is 11.2 Å². The van der Waals surface area contributed by atoms with Crippen LogP contribution in [0.2, 0.25) is 0 Å². The van der Waals surface area contributed by atoms with E-state index in [2.05, 4.69) is 34.9 Å². The summed E-state index contributed by atoms with van der Waals surface area (Å²) in [6, 6.07) is 16.6. The lowest BCUT2D eigenvalue weighted by Crippen LogP contribution is -2.36. The third kappa shape index (κ3) is 6.37. The molecule has 8 heteroatoms. The smallest absolute Gasteiger partial charge is 0.315 e. The molecule has 0 bridgehead atoms. The molecule has 164 valence electrons. The molecule has 4 rings (SSSR count). The molecular formula is C23H27N3O2S3. The van der Waals surface area contributed by atoms with Crippen molar-refractivity contribution < 1.29 is 9.59 Å². The predicted molar refractivity (Wildman–Crippen MR) is 132 cm³/mol. The maximum absolute atomic E-state index is 12.4. The number of nitrogen functional groups attached to an aromatic ring is 1. The molecule has 2 saturated heterocycles. The maximum Gasteiger partial charge on any atom is 0.315 e. The van der Waals surface area contributed by atoms with Crippen molar-refractivity contribution in [1.82, 2.24) is 10.6 Å². The fourth-order valence-corrected chi connectivity index (χ4v) is 7.38. The Morgan fingerprint density at radius 1 is 1.00 bits per heavy atom. The number of nitrogens with one attached hydrogen (secondary N) is 2. The van der Waals surface area contributed by atoms with Crippen molar-refractivity contribution in [1.29, 1.82) is 0 Å². The number of carbonyl (C=O) groups excluding carboxylic acids is 2. The summed E-state index contributed by atoms with van der Waals surface area (Å²) in [5, 5.41) is 6.47. The van der Waals surface area contributed by atoms with Gasteiger partial charge in [0.1, 0.15) is 5.78 Å².